The summed E-state index contributed by atoms with van der Waals surface area (Å²) in [5.74, 6) is 0.455. The molecule has 0 aromatic heterocycles. The number of aliphatic hydroxyl groups is 1. The summed E-state index contributed by atoms with van der Waals surface area (Å²) in [6.45, 7) is 3.60. The molecule has 1 saturated heterocycles. The zero-order chi connectivity index (χ0) is 9.26. The van der Waals surface area contributed by atoms with Gasteiger partial charge in [-0.05, 0) is 17.9 Å². The number of aliphatic hydroxyl groups excluding tert-OH is 1. The van der Waals surface area contributed by atoms with Gasteiger partial charge in [0.1, 0.15) is 6.10 Å². The van der Waals surface area contributed by atoms with Crippen molar-refractivity contribution in [3.8, 4) is 0 Å². The Balaban J connectivity index is 1.99. The Kier molecular flexibility index (Phi) is 2.56. The average molecular weight is 184 g/mol. The van der Waals surface area contributed by atoms with Gasteiger partial charge in [-0.2, -0.15) is 0 Å². The summed E-state index contributed by atoms with van der Waals surface area (Å²) in [6.07, 6.45) is 3.09. The van der Waals surface area contributed by atoms with Crippen LogP contribution in [0.1, 0.15) is 19.8 Å². The zero-order valence-corrected chi connectivity index (χ0v) is 7.90. The molecule has 0 aromatic rings. The van der Waals surface area contributed by atoms with Gasteiger partial charge in [-0.25, -0.2) is 0 Å². The van der Waals surface area contributed by atoms with Crippen molar-refractivity contribution in [2.24, 2.45) is 5.92 Å². The SMILES string of the molecule is CC1CCOC1C(O)C1=COCC1. The van der Waals surface area contributed by atoms with Crippen molar-refractivity contribution in [1.82, 2.24) is 0 Å². The molecule has 0 radical (unpaired) electrons. The van der Waals surface area contributed by atoms with Crippen LogP contribution < -0.4 is 0 Å². The molecule has 3 nitrogen and oxygen atoms in total. The Morgan fingerprint density at radius 3 is 2.92 bits per heavy atom. The molecule has 0 aliphatic carbocycles. The molecule has 2 rings (SSSR count). The fraction of sp³-hybridized carbons (Fsp3) is 0.800. The van der Waals surface area contributed by atoms with Crippen LogP contribution in [0.4, 0.5) is 0 Å². The van der Waals surface area contributed by atoms with Crippen LogP contribution >= 0.6 is 0 Å². The molecular weight excluding hydrogens is 168 g/mol. The van der Waals surface area contributed by atoms with Crippen LogP contribution in [-0.4, -0.2) is 30.5 Å². The van der Waals surface area contributed by atoms with Gasteiger partial charge in [-0.15, -0.1) is 0 Å². The van der Waals surface area contributed by atoms with Crippen LogP contribution in [0.2, 0.25) is 0 Å². The topological polar surface area (TPSA) is 38.7 Å². The van der Waals surface area contributed by atoms with E-state index in [0.717, 1.165) is 25.0 Å². The lowest BCUT2D eigenvalue weighted by Crippen LogP contribution is -2.31. The molecule has 0 amide bonds. The Hall–Kier alpha value is -0.540. The largest absolute Gasteiger partial charge is 0.501 e. The van der Waals surface area contributed by atoms with Gasteiger partial charge in [0.15, 0.2) is 0 Å². The molecule has 0 bridgehead atoms. The van der Waals surface area contributed by atoms with Crippen molar-refractivity contribution >= 4 is 0 Å². The zero-order valence-electron chi connectivity index (χ0n) is 7.90. The van der Waals surface area contributed by atoms with E-state index in [1.54, 1.807) is 6.26 Å². The van der Waals surface area contributed by atoms with E-state index in [0.29, 0.717) is 12.5 Å². The molecule has 2 heterocycles. The van der Waals surface area contributed by atoms with E-state index in [1.807, 2.05) is 0 Å². The van der Waals surface area contributed by atoms with E-state index >= 15 is 0 Å². The third kappa shape index (κ3) is 1.71. The lowest BCUT2D eigenvalue weighted by molar-refractivity contribution is 0.000887. The first-order valence-electron chi connectivity index (χ1n) is 4.89. The number of hydrogen-bond donors (Lipinski definition) is 1. The lowest BCUT2D eigenvalue weighted by Gasteiger charge is -2.21. The lowest BCUT2D eigenvalue weighted by atomic mass is 9.94. The predicted octanol–water partition coefficient (Wildman–Crippen LogP) is 1.08. The minimum Gasteiger partial charge on any atom is -0.501 e. The standard InChI is InChI=1S/C10H16O3/c1-7-2-5-13-10(7)9(11)8-3-4-12-6-8/h6-7,9-11H,2-5H2,1H3. The first-order chi connectivity index (χ1) is 6.29. The maximum atomic E-state index is 9.95. The Labute approximate surface area is 78.3 Å². The third-order valence-electron chi connectivity index (χ3n) is 2.88. The van der Waals surface area contributed by atoms with E-state index in [4.69, 9.17) is 9.47 Å². The first-order valence-corrected chi connectivity index (χ1v) is 4.89. The summed E-state index contributed by atoms with van der Waals surface area (Å²) in [4.78, 5) is 0. The molecular formula is C10H16O3. The first kappa shape index (κ1) is 9.03. The molecule has 13 heavy (non-hydrogen) atoms. The minimum atomic E-state index is -0.458. The molecule has 1 N–H and O–H groups in total. The van der Waals surface area contributed by atoms with E-state index in [2.05, 4.69) is 6.92 Å². The van der Waals surface area contributed by atoms with Crippen molar-refractivity contribution < 1.29 is 14.6 Å². The van der Waals surface area contributed by atoms with Crippen molar-refractivity contribution in [2.45, 2.75) is 32.0 Å². The van der Waals surface area contributed by atoms with Gasteiger partial charge in [0.25, 0.3) is 0 Å². The molecule has 0 aromatic carbocycles. The minimum absolute atomic E-state index is 0.0204. The van der Waals surface area contributed by atoms with Gasteiger partial charge in [0.2, 0.25) is 0 Å². The van der Waals surface area contributed by atoms with Gasteiger partial charge < -0.3 is 14.6 Å². The van der Waals surface area contributed by atoms with Gasteiger partial charge >= 0.3 is 0 Å². The smallest absolute Gasteiger partial charge is 0.105 e. The third-order valence-corrected chi connectivity index (χ3v) is 2.88. The van der Waals surface area contributed by atoms with Crippen molar-refractivity contribution in [3.05, 3.63) is 11.8 Å². The molecule has 1 fully saturated rings. The summed E-state index contributed by atoms with van der Waals surface area (Å²) in [7, 11) is 0. The van der Waals surface area contributed by atoms with Gasteiger partial charge in [0.05, 0.1) is 19.0 Å². The highest BCUT2D eigenvalue weighted by Crippen LogP contribution is 2.28. The average Bonchev–Trinajstić information content (AvgIpc) is 2.72. The normalized spacial score (nSPS) is 35.7. The van der Waals surface area contributed by atoms with Crippen LogP contribution in [-0.2, 0) is 9.47 Å². The predicted molar refractivity (Wildman–Crippen MR) is 48.2 cm³/mol. The van der Waals surface area contributed by atoms with E-state index in [1.165, 1.54) is 0 Å². The van der Waals surface area contributed by atoms with Crippen LogP contribution in [0.3, 0.4) is 0 Å². The molecule has 3 unspecified atom stereocenters. The Morgan fingerprint density at radius 1 is 1.54 bits per heavy atom. The fourth-order valence-corrected chi connectivity index (χ4v) is 1.95. The highest BCUT2D eigenvalue weighted by Gasteiger charge is 2.33. The molecule has 74 valence electrons. The number of ether oxygens (including phenoxy) is 2. The van der Waals surface area contributed by atoms with Crippen LogP contribution in [0.25, 0.3) is 0 Å². The maximum Gasteiger partial charge on any atom is 0.105 e. The molecule has 0 saturated carbocycles. The molecule has 2 aliphatic rings. The highest BCUT2D eigenvalue weighted by atomic mass is 16.5. The number of rotatable bonds is 2. The summed E-state index contributed by atoms with van der Waals surface area (Å²) >= 11 is 0. The maximum absolute atomic E-state index is 9.95. The Morgan fingerprint density at radius 2 is 2.38 bits per heavy atom. The van der Waals surface area contributed by atoms with Crippen LogP contribution in [0.15, 0.2) is 11.8 Å². The molecule has 3 heteroatoms. The Bertz CT molecular complexity index is 212. The monoisotopic (exact) mass is 184 g/mol. The summed E-state index contributed by atoms with van der Waals surface area (Å²) in [6, 6.07) is 0. The van der Waals surface area contributed by atoms with Gasteiger partial charge in [-0.3, -0.25) is 0 Å². The fourth-order valence-electron chi connectivity index (χ4n) is 1.95. The van der Waals surface area contributed by atoms with Crippen molar-refractivity contribution in [3.63, 3.8) is 0 Å². The van der Waals surface area contributed by atoms with Crippen molar-refractivity contribution in [2.75, 3.05) is 13.2 Å². The van der Waals surface area contributed by atoms with Crippen LogP contribution in [0, 0.1) is 5.92 Å². The van der Waals surface area contributed by atoms with E-state index < -0.39 is 6.10 Å². The van der Waals surface area contributed by atoms with E-state index in [9.17, 15) is 5.11 Å². The van der Waals surface area contributed by atoms with Crippen molar-refractivity contribution in [1.29, 1.82) is 0 Å². The van der Waals surface area contributed by atoms with Crippen LogP contribution in [0.5, 0.6) is 0 Å². The second kappa shape index (κ2) is 3.68. The van der Waals surface area contributed by atoms with E-state index in [-0.39, 0.29) is 6.10 Å². The highest BCUT2D eigenvalue weighted by molar-refractivity contribution is 5.11. The van der Waals surface area contributed by atoms with Gasteiger partial charge in [-0.1, -0.05) is 6.92 Å². The van der Waals surface area contributed by atoms with Gasteiger partial charge in [0, 0.05) is 13.0 Å². The quantitative estimate of drug-likeness (QED) is 0.697. The molecule has 2 aliphatic heterocycles. The molecule has 0 spiro atoms. The second-order valence-corrected chi connectivity index (χ2v) is 3.86. The summed E-state index contributed by atoms with van der Waals surface area (Å²) in [5, 5.41) is 9.95. The second-order valence-electron chi connectivity index (χ2n) is 3.86. The summed E-state index contributed by atoms with van der Waals surface area (Å²) in [5.41, 5.74) is 0.985. The summed E-state index contributed by atoms with van der Waals surface area (Å²) < 4.78 is 10.6. The number of hydrogen-bond acceptors (Lipinski definition) is 3. The molecule has 3 atom stereocenters.